The second-order valence-electron chi connectivity index (χ2n) is 1.76. The lowest BCUT2D eigenvalue weighted by atomic mass is 10.7. The Bertz CT molecular complexity index is 222. The van der Waals surface area contributed by atoms with Gasteiger partial charge in [-0.25, -0.2) is 4.79 Å². The summed E-state index contributed by atoms with van der Waals surface area (Å²) in [5.41, 5.74) is 0. The normalized spacial score (nSPS) is 10.7. The molecule has 0 aromatic carbocycles. The lowest BCUT2D eigenvalue weighted by molar-refractivity contribution is 0.242. The van der Waals surface area contributed by atoms with Crippen LogP contribution in [0.5, 0.6) is 0 Å². The Kier molecular flexibility index (Phi) is 3.83. The molecule has 0 saturated heterocycles. The highest BCUT2D eigenvalue weighted by Gasteiger charge is 2.05. The Hall–Kier alpha value is -0.820. The molecule has 0 spiro atoms. The topological polar surface area (TPSA) is 95.5 Å². The minimum Gasteiger partial charge on any atom is -0.338 e. The fourth-order valence-electron chi connectivity index (χ4n) is 0.380. The molecule has 0 radical (unpaired) electrons. The van der Waals surface area contributed by atoms with Gasteiger partial charge in [-0.1, -0.05) is 0 Å². The molecule has 11 heavy (non-hydrogen) atoms. The van der Waals surface area contributed by atoms with Crippen LogP contribution in [0.2, 0.25) is 0 Å². The molecule has 0 saturated carbocycles. The molecule has 6 nitrogen and oxygen atoms in total. The van der Waals surface area contributed by atoms with E-state index in [-0.39, 0.29) is 0 Å². The quantitative estimate of drug-likeness (QED) is 0.495. The lowest BCUT2D eigenvalue weighted by Gasteiger charge is -2.02. The van der Waals surface area contributed by atoms with Crippen LogP contribution in [0.3, 0.4) is 0 Å². The summed E-state index contributed by atoms with van der Waals surface area (Å²) in [6.45, 7) is 2.09. The van der Waals surface area contributed by atoms with E-state index in [1.165, 1.54) is 0 Å². The minimum absolute atomic E-state index is 0.400. The van der Waals surface area contributed by atoms with Crippen LogP contribution in [-0.2, 0) is 10.1 Å². The van der Waals surface area contributed by atoms with Crippen molar-refractivity contribution in [2.75, 3.05) is 12.4 Å². The Morgan fingerprint density at radius 1 is 1.45 bits per heavy atom. The number of carbonyl (C=O) groups is 1. The molecule has 7 heteroatoms. The molecular weight excluding hydrogens is 172 g/mol. The second-order valence-corrected chi connectivity index (χ2v) is 3.21. The van der Waals surface area contributed by atoms with Crippen molar-refractivity contribution in [3.63, 3.8) is 0 Å². The Balaban J connectivity index is 3.64. The molecule has 2 amide bonds. The molecule has 0 unspecified atom stereocenters. The van der Waals surface area contributed by atoms with Crippen LogP contribution in [0.15, 0.2) is 0 Å². The van der Waals surface area contributed by atoms with E-state index >= 15 is 0 Å². The predicted molar refractivity (Wildman–Crippen MR) is 38.6 cm³/mol. The number of hydrogen-bond acceptors (Lipinski definition) is 3. The van der Waals surface area contributed by atoms with Crippen LogP contribution in [0, 0.1) is 0 Å². The largest absolute Gasteiger partial charge is 0.338 e. The van der Waals surface area contributed by atoms with Gasteiger partial charge in [0, 0.05) is 6.54 Å². The third-order valence-corrected chi connectivity index (χ3v) is 1.26. The standard InChI is InChI=1S/C4H10N2O4S/c1-2-5-4(7)6-3-11(8,9)10/h2-3H2,1H3,(H2,5,6,7)(H,8,9,10). The number of nitrogens with one attached hydrogen (secondary N) is 2. The SMILES string of the molecule is CCNC(=O)NCS(=O)(=O)O. The van der Waals surface area contributed by atoms with E-state index in [2.05, 4.69) is 5.32 Å². The van der Waals surface area contributed by atoms with E-state index in [9.17, 15) is 13.2 Å². The monoisotopic (exact) mass is 182 g/mol. The van der Waals surface area contributed by atoms with Crippen molar-refractivity contribution < 1.29 is 17.8 Å². The summed E-state index contributed by atoms with van der Waals surface area (Å²) >= 11 is 0. The predicted octanol–water partition coefficient (Wildman–Crippen LogP) is -0.849. The summed E-state index contributed by atoms with van der Waals surface area (Å²) in [4.78, 5) is 10.5. The molecule has 0 aliphatic carbocycles. The van der Waals surface area contributed by atoms with Gasteiger partial charge in [-0.05, 0) is 6.92 Å². The van der Waals surface area contributed by atoms with Crippen molar-refractivity contribution in [3.05, 3.63) is 0 Å². The maximum Gasteiger partial charge on any atom is 0.315 e. The highest BCUT2D eigenvalue weighted by atomic mass is 32.2. The van der Waals surface area contributed by atoms with Gasteiger partial charge in [0.15, 0.2) is 0 Å². The summed E-state index contributed by atoms with van der Waals surface area (Å²) < 4.78 is 28.3. The van der Waals surface area contributed by atoms with E-state index in [1.807, 2.05) is 5.32 Å². The molecule has 0 rings (SSSR count). The molecule has 0 aromatic heterocycles. The first-order valence-corrected chi connectivity index (χ1v) is 4.53. The van der Waals surface area contributed by atoms with Gasteiger partial charge in [0.25, 0.3) is 10.1 Å². The number of urea groups is 1. The summed E-state index contributed by atoms with van der Waals surface area (Å²) in [5, 5.41) is 4.23. The van der Waals surface area contributed by atoms with Crippen molar-refractivity contribution in [2.45, 2.75) is 6.92 Å². The van der Waals surface area contributed by atoms with Crippen molar-refractivity contribution in [1.82, 2.24) is 10.6 Å². The first kappa shape index (κ1) is 10.2. The zero-order valence-electron chi connectivity index (χ0n) is 5.99. The van der Waals surface area contributed by atoms with Gasteiger partial charge >= 0.3 is 6.03 Å². The maximum absolute atomic E-state index is 10.5. The van der Waals surface area contributed by atoms with Crippen molar-refractivity contribution in [1.29, 1.82) is 0 Å². The van der Waals surface area contributed by atoms with Gasteiger partial charge in [-0.2, -0.15) is 8.42 Å². The van der Waals surface area contributed by atoms with Crippen LogP contribution < -0.4 is 10.6 Å². The molecule has 0 atom stereocenters. The molecule has 0 fully saturated rings. The third kappa shape index (κ3) is 7.07. The third-order valence-electron chi connectivity index (χ3n) is 0.752. The molecule has 66 valence electrons. The number of carbonyl (C=O) groups excluding carboxylic acids is 1. The Labute approximate surface area is 64.7 Å². The van der Waals surface area contributed by atoms with E-state index in [4.69, 9.17) is 4.55 Å². The number of rotatable bonds is 3. The van der Waals surface area contributed by atoms with Crippen LogP contribution >= 0.6 is 0 Å². The van der Waals surface area contributed by atoms with E-state index in [0.717, 1.165) is 0 Å². The zero-order chi connectivity index (χ0) is 8.91. The van der Waals surface area contributed by atoms with Crippen LogP contribution in [0.4, 0.5) is 4.79 Å². The van der Waals surface area contributed by atoms with Gasteiger partial charge in [-0.15, -0.1) is 0 Å². The minimum atomic E-state index is -4.11. The summed E-state index contributed by atoms with van der Waals surface area (Å²) in [7, 11) is -4.11. The van der Waals surface area contributed by atoms with Gasteiger partial charge < -0.3 is 10.6 Å². The Morgan fingerprint density at radius 2 is 2.00 bits per heavy atom. The van der Waals surface area contributed by atoms with Crippen LogP contribution in [-0.4, -0.2) is 31.4 Å². The molecule has 3 N–H and O–H groups in total. The van der Waals surface area contributed by atoms with Crippen molar-refractivity contribution >= 4 is 16.1 Å². The highest BCUT2D eigenvalue weighted by Crippen LogP contribution is 1.75. The highest BCUT2D eigenvalue weighted by molar-refractivity contribution is 7.85. The molecule has 0 aliphatic rings. The van der Waals surface area contributed by atoms with Gasteiger partial charge in [-0.3, -0.25) is 4.55 Å². The summed E-state index contributed by atoms with van der Waals surface area (Å²) in [6.07, 6.45) is 0. The number of amides is 2. The fraction of sp³-hybridized carbons (Fsp3) is 0.750. The molecule has 0 heterocycles. The number of hydrogen-bond donors (Lipinski definition) is 3. The molecule has 0 aliphatic heterocycles. The van der Waals surface area contributed by atoms with Crippen molar-refractivity contribution in [3.8, 4) is 0 Å². The van der Waals surface area contributed by atoms with Crippen LogP contribution in [0.25, 0.3) is 0 Å². The molecule has 0 bridgehead atoms. The first-order chi connectivity index (χ1) is 4.95. The van der Waals surface area contributed by atoms with Crippen molar-refractivity contribution in [2.24, 2.45) is 0 Å². The average Bonchev–Trinajstić information content (AvgIpc) is 1.83. The van der Waals surface area contributed by atoms with Crippen LogP contribution in [0.1, 0.15) is 6.92 Å². The van der Waals surface area contributed by atoms with Gasteiger partial charge in [0.1, 0.15) is 5.88 Å². The smallest absolute Gasteiger partial charge is 0.315 e. The lowest BCUT2D eigenvalue weighted by Crippen LogP contribution is -2.38. The molecule has 0 aromatic rings. The fourth-order valence-corrected chi connectivity index (χ4v) is 0.693. The Morgan fingerprint density at radius 3 is 2.36 bits per heavy atom. The molecular formula is C4H10N2O4S. The summed E-state index contributed by atoms with van der Waals surface area (Å²) in [6, 6.07) is -0.620. The maximum atomic E-state index is 10.5. The second kappa shape index (κ2) is 4.14. The van der Waals surface area contributed by atoms with E-state index in [1.54, 1.807) is 6.92 Å². The average molecular weight is 182 g/mol. The summed E-state index contributed by atoms with van der Waals surface area (Å²) in [5.74, 6) is -0.765. The first-order valence-electron chi connectivity index (χ1n) is 2.92. The van der Waals surface area contributed by atoms with Gasteiger partial charge in [0.2, 0.25) is 0 Å². The van der Waals surface area contributed by atoms with Gasteiger partial charge in [0.05, 0.1) is 0 Å². The van der Waals surface area contributed by atoms with E-state index < -0.39 is 22.0 Å². The zero-order valence-corrected chi connectivity index (χ0v) is 6.81. The van der Waals surface area contributed by atoms with E-state index in [0.29, 0.717) is 6.54 Å².